The van der Waals surface area contributed by atoms with Crippen molar-refractivity contribution in [2.75, 3.05) is 16.8 Å². The smallest absolute Gasteiger partial charge is 0.329 e. The Balaban J connectivity index is 1.76. The first-order chi connectivity index (χ1) is 11.8. The first-order valence-electron chi connectivity index (χ1n) is 7.22. The van der Waals surface area contributed by atoms with Crippen LogP contribution in [0.4, 0.5) is 17.5 Å². The Morgan fingerprint density at radius 3 is 2.72 bits per heavy atom. The van der Waals surface area contributed by atoms with Crippen molar-refractivity contribution in [1.82, 2.24) is 19.9 Å². The van der Waals surface area contributed by atoms with E-state index in [9.17, 15) is 4.57 Å². The molecule has 3 rings (SSSR count). The van der Waals surface area contributed by atoms with E-state index < -0.39 is 7.60 Å². The van der Waals surface area contributed by atoms with Crippen molar-refractivity contribution in [2.45, 2.75) is 12.7 Å². The molecule has 130 valence electrons. The number of aromatic nitrogens is 4. The average molecular weight is 361 g/mol. The third-order valence-electron chi connectivity index (χ3n) is 3.29. The average Bonchev–Trinajstić information content (AvgIpc) is 2.52. The van der Waals surface area contributed by atoms with E-state index >= 15 is 0 Å². The molecule has 0 amide bonds. The first kappa shape index (κ1) is 17.0. The number of benzene rings is 1. The molecule has 0 bridgehead atoms. The van der Waals surface area contributed by atoms with Crippen LogP contribution in [0.5, 0.6) is 0 Å². The molecular weight excluding hydrogens is 345 g/mol. The lowest BCUT2D eigenvalue weighted by Crippen LogP contribution is -2.07. The van der Waals surface area contributed by atoms with Crippen LogP contribution in [-0.2, 0) is 17.3 Å². The number of hydrogen-bond donors (Lipinski definition) is 5. The van der Waals surface area contributed by atoms with Gasteiger partial charge < -0.3 is 26.6 Å². The zero-order valence-corrected chi connectivity index (χ0v) is 13.9. The van der Waals surface area contributed by atoms with E-state index in [1.54, 1.807) is 30.5 Å². The van der Waals surface area contributed by atoms with Crippen molar-refractivity contribution < 1.29 is 14.4 Å². The van der Waals surface area contributed by atoms with Crippen LogP contribution in [-0.4, -0.2) is 29.7 Å². The molecule has 0 atom stereocenters. The van der Waals surface area contributed by atoms with E-state index in [1.807, 2.05) is 0 Å². The molecule has 0 aliphatic rings. The van der Waals surface area contributed by atoms with Gasteiger partial charge >= 0.3 is 7.60 Å². The summed E-state index contributed by atoms with van der Waals surface area (Å²) in [6.07, 6.45) is 1.23. The number of rotatable bonds is 5. The normalized spacial score (nSPS) is 11.6. The number of hydrogen-bond acceptors (Lipinski definition) is 8. The Bertz CT molecular complexity index is 976. The molecule has 2 heterocycles. The van der Waals surface area contributed by atoms with Gasteiger partial charge in [-0.15, -0.1) is 0 Å². The second-order valence-electron chi connectivity index (χ2n) is 5.38. The summed E-state index contributed by atoms with van der Waals surface area (Å²) in [6, 6.07) is 6.83. The third-order valence-corrected chi connectivity index (χ3v) is 4.07. The van der Waals surface area contributed by atoms with Gasteiger partial charge in [0.1, 0.15) is 0 Å². The number of anilines is 3. The fourth-order valence-electron chi connectivity index (χ4n) is 2.28. The molecule has 11 heteroatoms. The number of fused-ring (bicyclic) bond motifs is 1. The summed E-state index contributed by atoms with van der Waals surface area (Å²) in [7, 11) is -4.11. The Morgan fingerprint density at radius 2 is 1.96 bits per heavy atom. The van der Waals surface area contributed by atoms with Gasteiger partial charge in [-0.05, 0) is 17.7 Å². The van der Waals surface area contributed by atoms with Crippen LogP contribution in [0, 0.1) is 0 Å². The summed E-state index contributed by atoms with van der Waals surface area (Å²) >= 11 is 0. The van der Waals surface area contributed by atoms with Gasteiger partial charge in [0, 0.05) is 5.69 Å². The lowest BCUT2D eigenvalue weighted by molar-refractivity contribution is 0.372. The topological polar surface area (TPSA) is 173 Å². The van der Waals surface area contributed by atoms with Crippen LogP contribution in [0.2, 0.25) is 0 Å². The fraction of sp³-hybridized carbons (Fsp3) is 0.143. The molecule has 0 aliphatic carbocycles. The zero-order valence-electron chi connectivity index (χ0n) is 13.0. The minimum absolute atomic E-state index is 0.0343. The minimum atomic E-state index is -4.11. The van der Waals surface area contributed by atoms with Crippen LogP contribution >= 0.6 is 7.60 Å². The van der Waals surface area contributed by atoms with Crippen LogP contribution < -0.4 is 16.8 Å². The van der Waals surface area contributed by atoms with E-state index in [0.29, 0.717) is 34.7 Å². The highest BCUT2D eigenvalue weighted by atomic mass is 31.2. The highest BCUT2D eigenvalue weighted by Gasteiger charge is 2.14. The van der Waals surface area contributed by atoms with Crippen molar-refractivity contribution >= 4 is 36.2 Å². The molecule has 0 unspecified atom stereocenters. The van der Waals surface area contributed by atoms with Gasteiger partial charge in [0.25, 0.3) is 0 Å². The van der Waals surface area contributed by atoms with E-state index in [4.69, 9.17) is 21.3 Å². The summed E-state index contributed by atoms with van der Waals surface area (Å²) < 4.78 is 11.1. The van der Waals surface area contributed by atoms with E-state index in [-0.39, 0.29) is 17.9 Å². The highest BCUT2D eigenvalue weighted by molar-refractivity contribution is 7.50. The molecule has 0 fully saturated rings. The molecule has 0 saturated carbocycles. The minimum Gasteiger partial charge on any atom is -0.382 e. The van der Waals surface area contributed by atoms with Crippen LogP contribution in [0.3, 0.4) is 0 Å². The largest absolute Gasteiger partial charge is 0.382 e. The van der Waals surface area contributed by atoms with Crippen LogP contribution in [0.1, 0.15) is 11.3 Å². The standard InChI is InChI=1S/C14H16N7O3P/c15-12-11-13(21-14(16)20-12)18-6-10(19-11)5-17-9-3-1-2-8(4-9)7-25(22,23)24/h1-4,6,17H,5,7H2,(H2,22,23,24)(H4,15,16,18,20,21). The zero-order chi connectivity index (χ0) is 18.0. The maximum Gasteiger partial charge on any atom is 0.329 e. The monoisotopic (exact) mass is 361 g/mol. The Hall–Kier alpha value is -2.81. The van der Waals surface area contributed by atoms with Crippen molar-refractivity contribution in [3.63, 3.8) is 0 Å². The van der Waals surface area contributed by atoms with Gasteiger partial charge in [-0.25, -0.2) is 9.97 Å². The third kappa shape index (κ3) is 4.38. The van der Waals surface area contributed by atoms with E-state index in [0.717, 1.165) is 0 Å². The maximum atomic E-state index is 11.1. The van der Waals surface area contributed by atoms with Gasteiger partial charge in [0.05, 0.1) is 24.6 Å². The second-order valence-corrected chi connectivity index (χ2v) is 7.02. The molecule has 1 aromatic carbocycles. The summed E-state index contributed by atoms with van der Waals surface area (Å²) in [6.45, 7) is 0.339. The Labute approximate surface area is 142 Å². The molecule has 0 radical (unpaired) electrons. The Morgan fingerprint density at radius 1 is 1.16 bits per heavy atom. The lowest BCUT2D eigenvalue weighted by Gasteiger charge is -2.09. The van der Waals surface area contributed by atoms with Crippen molar-refractivity contribution in [3.8, 4) is 0 Å². The van der Waals surface area contributed by atoms with Gasteiger partial charge in [0.15, 0.2) is 17.0 Å². The van der Waals surface area contributed by atoms with Gasteiger partial charge in [-0.1, -0.05) is 12.1 Å². The van der Waals surface area contributed by atoms with E-state index in [2.05, 4.69) is 25.3 Å². The quantitative estimate of drug-likeness (QED) is 0.410. The van der Waals surface area contributed by atoms with Gasteiger partial charge in [-0.2, -0.15) is 9.97 Å². The molecule has 10 nitrogen and oxygen atoms in total. The maximum absolute atomic E-state index is 11.1. The van der Waals surface area contributed by atoms with Gasteiger partial charge in [0.2, 0.25) is 5.95 Å². The predicted molar refractivity (Wildman–Crippen MR) is 93.5 cm³/mol. The number of nitrogens with zero attached hydrogens (tertiary/aromatic N) is 4. The lowest BCUT2D eigenvalue weighted by atomic mass is 10.2. The first-order valence-corrected chi connectivity index (χ1v) is 9.02. The summed E-state index contributed by atoms with van der Waals surface area (Å²) in [5.74, 6) is 0.188. The molecule has 3 aromatic rings. The SMILES string of the molecule is Nc1nc(N)c2nc(CNc3cccc(CP(=O)(O)O)c3)cnc2n1. The van der Waals surface area contributed by atoms with Gasteiger partial charge in [-0.3, -0.25) is 4.57 Å². The summed E-state index contributed by atoms with van der Waals surface area (Å²) in [5.41, 5.74) is 13.8. The summed E-state index contributed by atoms with van der Waals surface area (Å²) in [5, 5.41) is 3.12. The molecule has 7 N–H and O–H groups in total. The second kappa shape index (κ2) is 6.60. The number of nitrogens with one attached hydrogen (secondary N) is 1. The van der Waals surface area contributed by atoms with Crippen LogP contribution in [0.25, 0.3) is 11.2 Å². The highest BCUT2D eigenvalue weighted by Crippen LogP contribution is 2.39. The van der Waals surface area contributed by atoms with Crippen LogP contribution in [0.15, 0.2) is 30.5 Å². The predicted octanol–water partition coefficient (Wildman–Crippen LogP) is 0.874. The molecule has 0 saturated heterocycles. The Kier molecular flexibility index (Phi) is 4.49. The van der Waals surface area contributed by atoms with Crippen molar-refractivity contribution in [2.24, 2.45) is 0 Å². The fourth-order valence-corrected chi connectivity index (χ4v) is 2.95. The number of nitrogens with two attached hydrogens (primary N) is 2. The summed E-state index contributed by atoms with van der Waals surface area (Å²) in [4.78, 5) is 34.4. The molecule has 2 aromatic heterocycles. The number of nitrogen functional groups attached to an aromatic ring is 2. The molecule has 0 aliphatic heterocycles. The molecular formula is C14H16N7O3P. The van der Waals surface area contributed by atoms with Crippen molar-refractivity contribution in [1.29, 1.82) is 0 Å². The molecule has 0 spiro atoms. The van der Waals surface area contributed by atoms with Crippen molar-refractivity contribution in [3.05, 3.63) is 41.7 Å². The molecule has 25 heavy (non-hydrogen) atoms. The van der Waals surface area contributed by atoms with E-state index in [1.165, 1.54) is 0 Å².